The molecule has 0 bridgehead atoms. The molecule has 1 aromatic rings. The first kappa shape index (κ1) is 14.5. The lowest BCUT2D eigenvalue weighted by Gasteiger charge is -2.32. The molecule has 0 radical (unpaired) electrons. The second kappa shape index (κ2) is 4.55. The number of thiophene rings is 1. The van der Waals surface area contributed by atoms with Crippen LogP contribution in [0.2, 0.25) is 0 Å². The maximum atomic E-state index is 10.7. The van der Waals surface area contributed by atoms with Gasteiger partial charge in [-0.2, -0.15) is 0 Å². The summed E-state index contributed by atoms with van der Waals surface area (Å²) in [5.41, 5.74) is 5.83. The molecule has 0 unspecified atom stereocenters. The Morgan fingerprint density at radius 3 is 2.32 bits per heavy atom. The summed E-state index contributed by atoms with van der Waals surface area (Å²) < 4.78 is 11.7. The number of hydrogen-bond acceptors (Lipinski definition) is 6. The van der Waals surface area contributed by atoms with Gasteiger partial charge in [0.25, 0.3) is 0 Å². The molecule has 1 saturated heterocycles. The molecule has 104 valence electrons. The fourth-order valence-electron chi connectivity index (χ4n) is 1.80. The fraction of sp³-hybridized carbons (Fsp3) is 0.636. The third-order valence-corrected chi connectivity index (χ3v) is 4.63. The molecule has 8 heteroatoms. The molecular formula is C11H17BN2O4S. The minimum atomic E-state index is -0.598. The minimum Gasteiger partial charge on any atom is -0.402 e. The molecule has 1 aliphatic rings. The Morgan fingerprint density at radius 2 is 1.89 bits per heavy atom. The summed E-state index contributed by atoms with van der Waals surface area (Å²) in [6.07, 6.45) is 0. The summed E-state index contributed by atoms with van der Waals surface area (Å²) >= 11 is 1.05. The zero-order chi connectivity index (χ0) is 14.4. The molecule has 0 aromatic carbocycles. The predicted molar refractivity (Wildman–Crippen MR) is 74.0 cm³/mol. The molecule has 19 heavy (non-hydrogen) atoms. The van der Waals surface area contributed by atoms with Crippen LogP contribution in [0, 0.1) is 10.1 Å². The molecule has 0 amide bonds. The van der Waals surface area contributed by atoms with Gasteiger partial charge in [-0.3, -0.25) is 10.1 Å². The van der Waals surface area contributed by atoms with Gasteiger partial charge in [0.1, 0.15) is 0 Å². The summed E-state index contributed by atoms with van der Waals surface area (Å²) in [6, 6.07) is 1.47. The molecule has 1 atom stereocenters. The topological polar surface area (TPSA) is 87.6 Å². The lowest BCUT2D eigenvalue weighted by Crippen LogP contribution is -2.41. The monoisotopic (exact) mass is 284 g/mol. The number of nitrogens with zero attached hydrogens (tertiary/aromatic N) is 1. The van der Waals surface area contributed by atoms with Gasteiger partial charge in [-0.25, -0.2) is 0 Å². The average molecular weight is 284 g/mol. The first-order chi connectivity index (χ1) is 8.64. The molecule has 2 heterocycles. The van der Waals surface area contributed by atoms with Crippen molar-refractivity contribution in [3.63, 3.8) is 0 Å². The van der Waals surface area contributed by atoms with Gasteiger partial charge in [0, 0.05) is 11.4 Å². The molecule has 2 rings (SSSR count). The predicted octanol–water partition coefficient (Wildman–Crippen LogP) is 2.29. The Bertz CT molecular complexity index is 487. The van der Waals surface area contributed by atoms with E-state index in [0.29, 0.717) is 5.56 Å². The quantitative estimate of drug-likeness (QED) is 0.522. The van der Waals surface area contributed by atoms with E-state index in [0.717, 1.165) is 11.3 Å². The minimum absolute atomic E-state index is 0.0713. The van der Waals surface area contributed by atoms with Crippen molar-refractivity contribution in [2.45, 2.75) is 44.8 Å². The lowest BCUT2D eigenvalue weighted by molar-refractivity contribution is -0.380. The summed E-state index contributed by atoms with van der Waals surface area (Å²) in [7, 11) is -0.598. The number of hydrogen-bond donors (Lipinski definition) is 1. The summed E-state index contributed by atoms with van der Waals surface area (Å²) in [6.45, 7) is 7.76. The molecule has 1 aromatic heterocycles. The maximum absolute atomic E-state index is 10.7. The van der Waals surface area contributed by atoms with Crippen LogP contribution in [0.3, 0.4) is 0 Å². The van der Waals surface area contributed by atoms with Crippen LogP contribution in [0.15, 0.2) is 11.4 Å². The van der Waals surface area contributed by atoms with Gasteiger partial charge in [-0.15, -0.1) is 0 Å². The van der Waals surface area contributed by atoms with Crippen molar-refractivity contribution in [3.05, 3.63) is 27.1 Å². The van der Waals surface area contributed by atoms with E-state index in [-0.39, 0.29) is 5.00 Å². The highest BCUT2D eigenvalue weighted by atomic mass is 32.1. The highest BCUT2D eigenvalue weighted by Crippen LogP contribution is 2.40. The van der Waals surface area contributed by atoms with Crippen LogP contribution in [0.25, 0.3) is 0 Å². The van der Waals surface area contributed by atoms with E-state index < -0.39 is 29.2 Å². The first-order valence-electron chi connectivity index (χ1n) is 5.98. The normalized spacial score (nSPS) is 22.5. The van der Waals surface area contributed by atoms with Crippen molar-refractivity contribution in [3.8, 4) is 0 Å². The van der Waals surface area contributed by atoms with Gasteiger partial charge in [0.15, 0.2) is 0 Å². The standard InChI is InChI=1S/C11H17BN2O4S/c1-10(2)11(3,4)18-12(17-10)9(13)7-5-8(14(15)16)19-6-7/h5-6,9H,13H2,1-4H3/t9-/m1/s1. The van der Waals surface area contributed by atoms with Crippen LogP contribution in [-0.2, 0) is 9.31 Å². The van der Waals surface area contributed by atoms with Gasteiger partial charge in [-0.05, 0) is 33.3 Å². The molecule has 0 saturated carbocycles. The molecule has 1 aliphatic heterocycles. The Balaban J connectivity index is 2.17. The molecule has 0 aliphatic carbocycles. The third-order valence-electron chi connectivity index (χ3n) is 3.74. The van der Waals surface area contributed by atoms with E-state index in [1.807, 2.05) is 27.7 Å². The van der Waals surface area contributed by atoms with Gasteiger partial charge in [0.05, 0.1) is 22.1 Å². The lowest BCUT2D eigenvalue weighted by atomic mass is 9.76. The van der Waals surface area contributed by atoms with E-state index in [1.54, 1.807) is 5.38 Å². The van der Waals surface area contributed by atoms with E-state index in [1.165, 1.54) is 6.07 Å². The highest BCUT2D eigenvalue weighted by molar-refractivity contribution is 7.13. The largest absolute Gasteiger partial charge is 0.480 e. The van der Waals surface area contributed by atoms with Crippen molar-refractivity contribution in [2.75, 3.05) is 0 Å². The summed E-state index contributed by atoms with van der Waals surface area (Å²) in [5, 5.41) is 12.4. The number of nitro groups is 1. The van der Waals surface area contributed by atoms with Gasteiger partial charge < -0.3 is 15.0 Å². The fourth-order valence-corrected chi connectivity index (χ4v) is 2.57. The Kier molecular flexibility index (Phi) is 3.46. The van der Waals surface area contributed by atoms with Crippen molar-refractivity contribution >= 4 is 23.5 Å². The molecule has 0 spiro atoms. The Morgan fingerprint density at radius 1 is 1.37 bits per heavy atom. The Labute approximate surface area is 116 Å². The smallest absolute Gasteiger partial charge is 0.402 e. The number of rotatable bonds is 3. The number of nitrogens with two attached hydrogens (primary N) is 1. The maximum Gasteiger partial charge on any atom is 0.480 e. The first-order valence-corrected chi connectivity index (χ1v) is 6.86. The zero-order valence-electron chi connectivity index (χ0n) is 11.4. The van der Waals surface area contributed by atoms with Crippen LogP contribution in [-0.4, -0.2) is 23.2 Å². The van der Waals surface area contributed by atoms with E-state index in [4.69, 9.17) is 15.0 Å². The highest BCUT2D eigenvalue weighted by Gasteiger charge is 2.53. The van der Waals surface area contributed by atoms with Gasteiger partial charge in [-0.1, -0.05) is 11.3 Å². The average Bonchev–Trinajstić information content (AvgIpc) is 2.82. The molecular weight excluding hydrogens is 267 g/mol. The summed E-state index contributed by atoms with van der Waals surface area (Å²) in [5.74, 6) is -0.536. The van der Waals surface area contributed by atoms with Gasteiger partial charge >= 0.3 is 12.1 Å². The second-order valence-electron chi connectivity index (χ2n) is 5.63. The van der Waals surface area contributed by atoms with Crippen LogP contribution < -0.4 is 5.73 Å². The van der Waals surface area contributed by atoms with Gasteiger partial charge in [0.2, 0.25) is 0 Å². The van der Waals surface area contributed by atoms with Crippen molar-refractivity contribution < 1.29 is 14.2 Å². The van der Waals surface area contributed by atoms with E-state index in [9.17, 15) is 10.1 Å². The Hall–Kier alpha value is -0.955. The van der Waals surface area contributed by atoms with Crippen LogP contribution in [0.1, 0.15) is 39.2 Å². The van der Waals surface area contributed by atoms with E-state index in [2.05, 4.69) is 0 Å². The van der Waals surface area contributed by atoms with Crippen molar-refractivity contribution in [1.29, 1.82) is 0 Å². The molecule has 2 N–H and O–H groups in total. The van der Waals surface area contributed by atoms with Crippen LogP contribution in [0.5, 0.6) is 0 Å². The van der Waals surface area contributed by atoms with Crippen LogP contribution >= 0.6 is 11.3 Å². The SMILES string of the molecule is CC1(C)OB([C@H](N)c2csc([N+](=O)[O-])c2)OC1(C)C. The third kappa shape index (κ3) is 2.53. The molecule has 1 fully saturated rings. The molecule has 6 nitrogen and oxygen atoms in total. The van der Waals surface area contributed by atoms with Crippen molar-refractivity contribution in [2.24, 2.45) is 5.73 Å². The van der Waals surface area contributed by atoms with Crippen molar-refractivity contribution in [1.82, 2.24) is 0 Å². The van der Waals surface area contributed by atoms with E-state index >= 15 is 0 Å². The zero-order valence-corrected chi connectivity index (χ0v) is 12.2. The summed E-state index contributed by atoms with van der Waals surface area (Å²) in [4.78, 5) is 10.3. The van der Waals surface area contributed by atoms with Crippen LogP contribution in [0.4, 0.5) is 5.00 Å². The second-order valence-corrected chi connectivity index (χ2v) is 6.52.